The molecule has 0 unspecified atom stereocenters. The molecular formula is C23H21NO3. The van der Waals surface area contributed by atoms with Gasteiger partial charge in [-0.15, -0.1) is 0 Å². The highest BCUT2D eigenvalue weighted by molar-refractivity contribution is 5.95. The van der Waals surface area contributed by atoms with Crippen LogP contribution in [0.25, 0.3) is 0 Å². The Morgan fingerprint density at radius 3 is 2.04 bits per heavy atom. The van der Waals surface area contributed by atoms with Crippen LogP contribution in [0.15, 0.2) is 84.9 Å². The monoisotopic (exact) mass is 359 g/mol. The number of nitrogens with zero attached hydrogens (tertiary/aromatic N) is 1. The van der Waals surface area contributed by atoms with E-state index in [1.54, 1.807) is 41.3 Å². The van der Waals surface area contributed by atoms with E-state index in [2.05, 4.69) is 0 Å². The van der Waals surface area contributed by atoms with Crippen molar-refractivity contribution in [1.29, 1.82) is 0 Å². The van der Waals surface area contributed by atoms with Gasteiger partial charge in [0.25, 0.3) is 5.91 Å². The predicted octanol–water partition coefficient (Wildman–Crippen LogP) is 4.79. The predicted molar refractivity (Wildman–Crippen MR) is 105 cm³/mol. The summed E-state index contributed by atoms with van der Waals surface area (Å²) in [5, 5.41) is 9.49. The number of benzene rings is 3. The second-order valence-electron chi connectivity index (χ2n) is 6.35. The van der Waals surface area contributed by atoms with Gasteiger partial charge < -0.3 is 10.0 Å². The van der Waals surface area contributed by atoms with Crippen LogP contribution in [0.4, 0.5) is 0 Å². The van der Waals surface area contributed by atoms with Gasteiger partial charge in [0.1, 0.15) is 0 Å². The van der Waals surface area contributed by atoms with Crippen LogP contribution in [0, 0.1) is 0 Å². The van der Waals surface area contributed by atoms with Crippen LogP contribution in [-0.4, -0.2) is 21.9 Å². The van der Waals surface area contributed by atoms with Crippen LogP contribution in [0.1, 0.15) is 44.8 Å². The highest BCUT2D eigenvalue weighted by atomic mass is 16.4. The number of carbonyl (C=O) groups is 2. The van der Waals surface area contributed by atoms with Crippen LogP contribution in [0.5, 0.6) is 0 Å². The lowest BCUT2D eigenvalue weighted by Gasteiger charge is -2.30. The van der Waals surface area contributed by atoms with Crippen molar-refractivity contribution in [3.05, 3.63) is 107 Å². The quantitative estimate of drug-likeness (QED) is 0.688. The smallest absolute Gasteiger partial charge is 0.336 e. The lowest BCUT2D eigenvalue weighted by Crippen LogP contribution is -2.33. The Balaban J connectivity index is 2.00. The van der Waals surface area contributed by atoms with Gasteiger partial charge in [0.05, 0.1) is 11.6 Å². The van der Waals surface area contributed by atoms with Crippen molar-refractivity contribution < 1.29 is 14.7 Å². The minimum absolute atomic E-state index is 0.132. The summed E-state index contributed by atoms with van der Waals surface area (Å²) < 4.78 is 0. The first-order chi connectivity index (χ1) is 13.1. The summed E-state index contributed by atoms with van der Waals surface area (Å²) >= 11 is 0. The van der Waals surface area contributed by atoms with Crippen LogP contribution < -0.4 is 0 Å². The van der Waals surface area contributed by atoms with Crippen LogP contribution >= 0.6 is 0 Å². The molecule has 0 aromatic heterocycles. The number of hydrogen-bond acceptors (Lipinski definition) is 2. The molecule has 0 aliphatic carbocycles. The minimum Gasteiger partial charge on any atom is -0.478 e. The summed E-state index contributed by atoms with van der Waals surface area (Å²) in [7, 11) is 0. The van der Waals surface area contributed by atoms with Crippen molar-refractivity contribution in [3.8, 4) is 0 Å². The zero-order chi connectivity index (χ0) is 19.2. The van der Waals surface area contributed by atoms with Crippen molar-refractivity contribution in [3.63, 3.8) is 0 Å². The summed E-state index contributed by atoms with van der Waals surface area (Å²) in [6.45, 7) is 2.17. The molecule has 0 heterocycles. The number of carboxylic acid groups (broad SMARTS) is 1. The number of rotatable bonds is 6. The van der Waals surface area contributed by atoms with Gasteiger partial charge in [0, 0.05) is 12.1 Å². The summed E-state index contributed by atoms with van der Waals surface area (Å²) in [6.07, 6.45) is 0. The Morgan fingerprint density at radius 2 is 1.41 bits per heavy atom. The van der Waals surface area contributed by atoms with E-state index < -0.39 is 5.97 Å². The summed E-state index contributed by atoms with van der Waals surface area (Å²) in [4.78, 5) is 26.5. The highest BCUT2D eigenvalue weighted by Gasteiger charge is 2.24. The number of amides is 1. The maximum Gasteiger partial charge on any atom is 0.336 e. The van der Waals surface area contributed by atoms with E-state index in [0.29, 0.717) is 11.1 Å². The van der Waals surface area contributed by atoms with E-state index in [-0.39, 0.29) is 24.1 Å². The fourth-order valence-electron chi connectivity index (χ4n) is 3.09. The maximum absolute atomic E-state index is 13.2. The SMILES string of the molecule is C[C@@H](c1ccccc1)N(Cc1ccccc1C(=O)O)C(=O)c1ccccc1. The van der Waals surface area contributed by atoms with Crippen LogP contribution in [0.2, 0.25) is 0 Å². The zero-order valence-corrected chi connectivity index (χ0v) is 15.1. The fraction of sp³-hybridized carbons (Fsp3) is 0.130. The molecule has 0 radical (unpaired) electrons. The first-order valence-electron chi connectivity index (χ1n) is 8.80. The molecule has 3 aromatic rings. The molecule has 1 atom stereocenters. The lowest BCUT2D eigenvalue weighted by atomic mass is 10.0. The van der Waals surface area contributed by atoms with E-state index >= 15 is 0 Å². The first-order valence-corrected chi connectivity index (χ1v) is 8.80. The number of carbonyl (C=O) groups excluding carboxylic acids is 1. The van der Waals surface area contributed by atoms with Crippen LogP contribution in [0.3, 0.4) is 0 Å². The molecule has 0 saturated heterocycles. The van der Waals surface area contributed by atoms with Gasteiger partial charge in [-0.3, -0.25) is 4.79 Å². The lowest BCUT2D eigenvalue weighted by molar-refractivity contribution is 0.0652. The molecule has 0 aliphatic heterocycles. The molecule has 0 spiro atoms. The standard InChI is InChI=1S/C23H21NO3/c1-17(18-10-4-2-5-11-18)24(22(25)19-12-6-3-7-13-19)16-20-14-8-9-15-21(20)23(26)27/h2-15,17H,16H2,1H3,(H,26,27)/t17-/m0/s1. The molecular weight excluding hydrogens is 338 g/mol. The van der Waals surface area contributed by atoms with E-state index in [1.807, 2.05) is 55.5 Å². The Labute approximate surface area is 158 Å². The zero-order valence-electron chi connectivity index (χ0n) is 15.1. The topological polar surface area (TPSA) is 57.6 Å². The van der Waals surface area contributed by atoms with Gasteiger partial charge >= 0.3 is 5.97 Å². The van der Waals surface area contributed by atoms with E-state index in [1.165, 1.54) is 0 Å². The number of hydrogen-bond donors (Lipinski definition) is 1. The highest BCUT2D eigenvalue weighted by Crippen LogP contribution is 2.25. The van der Waals surface area contributed by atoms with Crippen molar-refractivity contribution in [2.24, 2.45) is 0 Å². The number of carboxylic acids is 1. The molecule has 0 bridgehead atoms. The Hall–Kier alpha value is -3.40. The Bertz CT molecular complexity index is 923. The third kappa shape index (κ3) is 4.23. The van der Waals surface area contributed by atoms with Gasteiger partial charge in [-0.2, -0.15) is 0 Å². The number of aromatic carboxylic acids is 1. The van der Waals surface area contributed by atoms with Gasteiger partial charge in [-0.25, -0.2) is 4.79 Å². The Morgan fingerprint density at radius 1 is 0.852 bits per heavy atom. The molecule has 4 heteroatoms. The molecule has 4 nitrogen and oxygen atoms in total. The molecule has 136 valence electrons. The third-order valence-electron chi connectivity index (χ3n) is 4.62. The Kier molecular flexibility index (Phi) is 5.67. The summed E-state index contributed by atoms with van der Waals surface area (Å²) in [6, 6.07) is 25.4. The van der Waals surface area contributed by atoms with E-state index in [0.717, 1.165) is 5.56 Å². The van der Waals surface area contributed by atoms with Crippen LogP contribution in [-0.2, 0) is 6.54 Å². The molecule has 1 amide bonds. The van der Waals surface area contributed by atoms with Gasteiger partial charge in [-0.1, -0.05) is 66.7 Å². The molecule has 3 rings (SSSR count). The van der Waals surface area contributed by atoms with Gasteiger partial charge in [-0.05, 0) is 36.2 Å². The molecule has 3 aromatic carbocycles. The summed E-state index contributed by atoms with van der Waals surface area (Å²) in [5.41, 5.74) is 2.39. The molecule has 1 N–H and O–H groups in total. The first kappa shape index (κ1) is 18.4. The van der Waals surface area contributed by atoms with Gasteiger partial charge in [0.2, 0.25) is 0 Å². The van der Waals surface area contributed by atoms with E-state index in [9.17, 15) is 14.7 Å². The second kappa shape index (κ2) is 8.32. The average molecular weight is 359 g/mol. The molecule has 0 aliphatic rings. The minimum atomic E-state index is -0.995. The van der Waals surface area contributed by atoms with Gasteiger partial charge in [0.15, 0.2) is 0 Å². The van der Waals surface area contributed by atoms with Crippen molar-refractivity contribution >= 4 is 11.9 Å². The fourth-order valence-corrected chi connectivity index (χ4v) is 3.09. The molecule has 0 saturated carbocycles. The molecule has 0 fully saturated rings. The maximum atomic E-state index is 13.2. The molecule has 27 heavy (non-hydrogen) atoms. The average Bonchev–Trinajstić information content (AvgIpc) is 2.72. The largest absolute Gasteiger partial charge is 0.478 e. The van der Waals surface area contributed by atoms with Crippen molar-refractivity contribution in [2.45, 2.75) is 19.5 Å². The van der Waals surface area contributed by atoms with Crippen molar-refractivity contribution in [2.75, 3.05) is 0 Å². The second-order valence-corrected chi connectivity index (χ2v) is 6.35. The summed E-state index contributed by atoms with van der Waals surface area (Å²) in [5.74, 6) is -1.13. The normalized spacial score (nSPS) is 11.6. The van der Waals surface area contributed by atoms with Crippen molar-refractivity contribution in [1.82, 2.24) is 4.90 Å². The third-order valence-corrected chi connectivity index (χ3v) is 4.62. The van der Waals surface area contributed by atoms with E-state index in [4.69, 9.17) is 0 Å².